The predicted molar refractivity (Wildman–Crippen MR) is 143 cm³/mol. The fraction of sp³-hybridized carbons (Fsp3) is 1.00. The van der Waals surface area contributed by atoms with E-state index in [4.69, 9.17) is 8.37 Å². The molecule has 0 aromatic carbocycles. The Bertz CT molecular complexity index is 480. The summed E-state index contributed by atoms with van der Waals surface area (Å²) in [5.74, 6) is 2.17. The van der Waals surface area contributed by atoms with E-state index >= 15 is 0 Å². The van der Waals surface area contributed by atoms with Gasteiger partial charge >= 0.3 is 10.4 Å². The molecule has 0 saturated carbocycles. The molecule has 0 bridgehead atoms. The fourth-order valence-corrected chi connectivity index (χ4v) is 5.42. The van der Waals surface area contributed by atoms with Gasteiger partial charge in [-0.2, -0.15) is 8.42 Å². The first-order chi connectivity index (χ1) is 15.7. The van der Waals surface area contributed by atoms with Gasteiger partial charge < -0.3 is 0 Å². The second-order valence-corrected chi connectivity index (χ2v) is 12.2. The Kier molecular flexibility index (Phi) is 21.1. The third kappa shape index (κ3) is 22.1. The minimum absolute atomic E-state index is 0.223. The molecule has 0 saturated heterocycles. The van der Waals surface area contributed by atoms with Crippen molar-refractivity contribution in [3.05, 3.63) is 0 Å². The lowest BCUT2D eigenvalue weighted by Crippen LogP contribution is -2.18. The summed E-state index contributed by atoms with van der Waals surface area (Å²) in [4.78, 5) is 0. The van der Waals surface area contributed by atoms with Gasteiger partial charge in [0.15, 0.2) is 0 Å². The van der Waals surface area contributed by atoms with Crippen molar-refractivity contribution < 1.29 is 16.8 Å². The van der Waals surface area contributed by atoms with Crippen LogP contribution in [0.5, 0.6) is 0 Å². The molecule has 0 aliphatic rings. The van der Waals surface area contributed by atoms with Gasteiger partial charge in [0.25, 0.3) is 0 Å². The van der Waals surface area contributed by atoms with Crippen molar-refractivity contribution in [2.24, 2.45) is 23.7 Å². The topological polar surface area (TPSA) is 52.6 Å². The van der Waals surface area contributed by atoms with Crippen LogP contribution in [0, 0.1) is 23.7 Å². The highest BCUT2D eigenvalue weighted by Gasteiger charge is 2.16. The molecule has 0 heterocycles. The van der Waals surface area contributed by atoms with Crippen LogP contribution in [0.3, 0.4) is 0 Å². The van der Waals surface area contributed by atoms with Crippen molar-refractivity contribution in [1.29, 1.82) is 0 Å². The number of unbranched alkanes of at least 4 members (excludes halogenated alkanes) is 6. The highest BCUT2D eigenvalue weighted by Crippen LogP contribution is 2.19. The quantitative estimate of drug-likeness (QED) is 0.127. The van der Waals surface area contributed by atoms with Gasteiger partial charge in [0.2, 0.25) is 0 Å². The first kappa shape index (κ1) is 32.9. The molecule has 5 heteroatoms. The van der Waals surface area contributed by atoms with Crippen LogP contribution >= 0.6 is 0 Å². The molecule has 0 rings (SSSR count). The fourth-order valence-electron chi connectivity index (χ4n) is 4.55. The molecule has 0 aliphatic heterocycles. The van der Waals surface area contributed by atoms with E-state index in [0.717, 1.165) is 37.5 Å². The molecule has 0 aliphatic carbocycles. The maximum Gasteiger partial charge on any atom is 0.399 e. The summed E-state index contributed by atoms with van der Waals surface area (Å²) < 4.78 is 34.4. The predicted octanol–water partition coefficient (Wildman–Crippen LogP) is 9.09. The zero-order valence-electron chi connectivity index (χ0n) is 23.1. The van der Waals surface area contributed by atoms with E-state index < -0.39 is 10.4 Å². The molecule has 0 radical (unpaired) electrons. The highest BCUT2D eigenvalue weighted by molar-refractivity contribution is 7.81. The monoisotopic (exact) mass is 490 g/mol. The number of rotatable bonds is 24. The molecule has 0 spiro atoms. The van der Waals surface area contributed by atoms with Gasteiger partial charge in [-0.3, -0.25) is 0 Å². The largest absolute Gasteiger partial charge is 0.399 e. The van der Waals surface area contributed by atoms with Gasteiger partial charge in [0, 0.05) is 0 Å². The SMILES string of the molecule is CCCC(C)CCCCCCC(C)COS(=O)(=O)OCC(C)CCCCCCC(C)CCC. The Morgan fingerprint density at radius 1 is 0.485 bits per heavy atom. The maximum atomic E-state index is 12.1. The van der Waals surface area contributed by atoms with Crippen LogP contribution in [0.25, 0.3) is 0 Å². The van der Waals surface area contributed by atoms with E-state index in [9.17, 15) is 8.42 Å². The first-order valence-electron chi connectivity index (χ1n) is 14.2. The van der Waals surface area contributed by atoms with Crippen LogP contribution in [0.1, 0.15) is 144 Å². The smallest absolute Gasteiger partial charge is 0.248 e. The van der Waals surface area contributed by atoms with E-state index in [-0.39, 0.29) is 25.0 Å². The molecule has 4 nitrogen and oxygen atoms in total. The van der Waals surface area contributed by atoms with Crippen molar-refractivity contribution in [3.8, 4) is 0 Å². The molecule has 200 valence electrons. The van der Waals surface area contributed by atoms with Crippen molar-refractivity contribution in [2.45, 2.75) is 144 Å². The van der Waals surface area contributed by atoms with Crippen LogP contribution in [0.2, 0.25) is 0 Å². The lowest BCUT2D eigenvalue weighted by atomic mass is 9.97. The summed E-state index contributed by atoms with van der Waals surface area (Å²) in [6.45, 7) is 13.8. The van der Waals surface area contributed by atoms with E-state index in [1.807, 2.05) is 0 Å². The summed E-state index contributed by atoms with van der Waals surface area (Å²) in [5, 5.41) is 0. The summed E-state index contributed by atoms with van der Waals surface area (Å²) >= 11 is 0. The Labute approximate surface area is 208 Å². The van der Waals surface area contributed by atoms with Gasteiger partial charge in [-0.1, -0.05) is 131 Å². The average Bonchev–Trinajstić information content (AvgIpc) is 2.76. The average molecular weight is 491 g/mol. The summed E-state index contributed by atoms with van der Waals surface area (Å²) in [6.07, 6.45) is 19.8. The summed E-state index contributed by atoms with van der Waals surface area (Å²) in [6, 6.07) is 0. The second-order valence-electron chi connectivity index (χ2n) is 11.0. The van der Waals surface area contributed by atoms with Gasteiger partial charge in [-0.05, 0) is 36.5 Å². The Morgan fingerprint density at radius 3 is 1.09 bits per heavy atom. The Hall–Kier alpha value is -0.130. The van der Waals surface area contributed by atoms with Crippen molar-refractivity contribution in [3.63, 3.8) is 0 Å². The lowest BCUT2D eigenvalue weighted by molar-refractivity contribution is 0.170. The van der Waals surface area contributed by atoms with E-state index in [0.29, 0.717) is 0 Å². The van der Waals surface area contributed by atoms with Crippen molar-refractivity contribution in [2.75, 3.05) is 13.2 Å². The standard InChI is InChI=1S/C28H58O4S/c1-7-17-25(3)19-13-9-11-15-21-27(5)23-31-33(29,30)32-24-28(6)22-16-12-10-14-20-26(4)18-8-2/h25-28H,7-24H2,1-6H3. The minimum atomic E-state index is -3.88. The Morgan fingerprint density at radius 2 is 0.788 bits per heavy atom. The molecule has 0 aromatic heterocycles. The van der Waals surface area contributed by atoms with Crippen LogP contribution in [0.15, 0.2) is 0 Å². The van der Waals surface area contributed by atoms with Gasteiger partial charge in [0.1, 0.15) is 0 Å². The van der Waals surface area contributed by atoms with Gasteiger partial charge in [0.05, 0.1) is 13.2 Å². The molecular weight excluding hydrogens is 432 g/mol. The second kappa shape index (κ2) is 21.2. The zero-order chi connectivity index (χ0) is 25.0. The molecular formula is C28H58O4S. The minimum Gasteiger partial charge on any atom is -0.248 e. The zero-order valence-corrected chi connectivity index (χ0v) is 23.9. The normalized spacial score (nSPS) is 15.9. The van der Waals surface area contributed by atoms with Crippen LogP contribution in [-0.4, -0.2) is 21.6 Å². The summed E-state index contributed by atoms with van der Waals surface area (Å²) in [5.41, 5.74) is 0. The molecule has 4 atom stereocenters. The Balaban J connectivity index is 3.73. The van der Waals surface area contributed by atoms with E-state index in [1.165, 1.54) is 77.0 Å². The van der Waals surface area contributed by atoms with Crippen molar-refractivity contribution in [1.82, 2.24) is 0 Å². The first-order valence-corrected chi connectivity index (χ1v) is 15.6. The number of hydrogen-bond acceptors (Lipinski definition) is 4. The van der Waals surface area contributed by atoms with Gasteiger partial charge in [-0.25, -0.2) is 8.37 Å². The number of hydrogen-bond donors (Lipinski definition) is 0. The molecule has 33 heavy (non-hydrogen) atoms. The van der Waals surface area contributed by atoms with Gasteiger partial charge in [-0.15, -0.1) is 0 Å². The third-order valence-corrected chi connectivity index (χ3v) is 7.69. The van der Waals surface area contributed by atoms with E-state index in [1.54, 1.807) is 0 Å². The molecule has 0 aromatic rings. The summed E-state index contributed by atoms with van der Waals surface area (Å²) in [7, 11) is -3.88. The van der Waals surface area contributed by atoms with Crippen molar-refractivity contribution >= 4 is 10.4 Å². The molecule has 0 fully saturated rings. The molecule has 0 N–H and O–H groups in total. The van der Waals surface area contributed by atoms with Crippen LogP contribution in [-0.2, 0) is 18.8 Å². The van der Waals surface area contributed by atoms with Crippen LogP contribution in [0.4, 0.5) is 0 Å². The highest BCUT2D eigenvalue weighted by atomic mass is 32.3. The van der Waals surface area contributed by atoms with E-state index in [2.05, 4.69) is 41.5 Å². The molecule has 4 unspecified atom stereocenters. The lowest BCUT2D eigenvalue weighted by Gasteiger charge is -2.14. The molecule has 0 amide bonds. The maximum absolute atomic E-state index is 12.1. The third-order valence-electron chi connectivity index (χ3n) is 6.84. The van der Waals surface area contributed by atoms with Crippen LogP contribution < -0.4 is 0 Å².